The van der Waals surface area contributed by atoms with Crippen LogP contribution in [0.3, 0.4) is 0 Å². The fourth-order valence-corrected chi connectivity index (χ4v) is 4.71. The van der Waals surface area contributed by atoms with E-state index in [1.807, 2.05) is 4.68 Å². The lowest BCUT2D eigenvalue weighted by atomic mass is 9.94. The highest BCUT2D eigenvalue weighted by Gasteiger charge is 2.29. The Bertz CT molecular complexity index is 792. The van der Waals surface area contributed by atoms with Crippen molar-refractivity contribution in [2.75, 3.05) is 32.9 Å². The Kier molecular flexibility index (Phi) is 8.15. The van der Waals surface area contributed by atoms with Crippen molar-refractivity contribution in [1.29, 1.82) is 0 Å². The van der Waals surface area contributed by atoms with E-state index in [9.17, 15) is 8.42 Å². The van der Waals surface area contributed by atoms with Crippen LogP contribution >= 0.6 is 24.0 Å². The van der Waals surface area contributed by atoms with Gasteiger partial charge < -0.3 is 10.6 Å². The quantitative estimate of drug-likeness (QED) is 0.345. The van der Waals surface area contributed by atoms with Gasteiger partial charge in [-0.3, -0.25) is 9.67 Å². The third-order valence-corrected chi connectivity index (χ3v) is 6.74. The summed E-state index contributed by atoms with van der Waals surface area (Å²) in [5.74, 6) is 1.10. The number of aromatic nitrogens is 2. The van der Waals surface area contributed by atoms with Crippen molar-refractivity contribution >= 4 is 40.0 Å². The van der Waals surface area contributed by atoms with E-state index >= 15 is 0 Å². The average molecular weight is 524 g/mol. The molecule has 1 saturated heterocycles. The second-order valence-corrected chi connectivity index (χ2v) is 9.97. The van der Waals surface area contributed by atoms with Gasteiger partial charge in [0.1, 0.15) is 0 Å². The molecule has 10 heteroatoms. The molecule has 2 heterocycles. The lowest BCUT2D eigenvalue weighted by molar-refractivity contribution is 0.456. The van der Waals surface area contributed by atoms with Crippen molar-refractivity contribution < 1.29 is 8.42 Å². The zero-order chi connectivity index (χ0) is 19.6. The van der Waals surface area contributed by atoms with Crippen LogP contribution < -0.4 is 10.6 Å². The largest absolute Gasteiger partial charge is 0.356 e. The number of nitrogens with zero attached hydrogens (tertiary/aromatic N) is 4. The first kappa shape index (κ1) is 23.4. The number of hydrogen-bond donors (Lipinski definition) is 2. The first-order valence-corrected chi connectivity index (χ1v) is 11.6. The van der Waals surface area contributed by atoms with Crippen LogP contribution in [0, 0.1) is 5.92 Å². The summed E-state index contributed by atoms with van der Waals surface area (Å²) < 4.78 is 26.9. The second-order valence-electron chi connectivity index (χ2n) is 7.99. The smallest absolute Gasteiger partial charge is 0.211 e. The van der Waals surface area contributed by atoms with Crippen LogP contribution in [0.15, 0.2) is 11.2 Å². The summed E-state index contributed by atoms with van der Waals surface area (Å²) in [7, 11) is -1.31. The predicted octanol–water partition coefficient (Wildman–Crippen LogP) is 1.39. The van der Waals surface area contributed by atoms with Gasteiger partial charge in [0.25, 0.3) is 0 Å². The number of rotatable bonds is 5. The maximum absolute atomic E-state index is 11.6. The maximum atomic E-state index is 11.6. The Morgan fingerprint density at radius 3 is 2.75 bits per heavy atom. The van der Waals surface area contributed by atoms with Gasteiger partial charge in [-0.1, -0.05) is 0 Å². The molecule has 2 atom stereocenters. The zero-order valence-electron chi connectivity index (χ0n) is 17.2. The monoisotopic (exact) mass is 524 g/mol. The lowest BCUT2D eigenvalue weighted by Gasteiger charge is -2.25. The zero-order valence-corrected chi connectivity index (χ0v) is 20.3. The number of aryl methyl sites for hydroxylation is 1. The van der Waals surface area contributed by atoms with Gasteiger partial charge in [0.2, 0.25) is 10.0 Å². The molecule has 2 N–H and O–H groups in total. The number of hydrogen-bond acceptors (Lipinski definition) is 4. The SMILES string of the molecule is CN=C(NCC1CCN(S(C)(=O)=O)C1)NC1CCc2cn(C(C)C)nc2C1.I. The fourth-order valence-electron chi connectivity index (χ4n) is 3.79. The topological polar surface area (TPSA) is 91.6 Å². The fraction of sp³-hybridized carbons (Fsp3) is 0.778. The van der Waals surface area contributed by atoms with Crippen molar-refractivity contribution in [2.45, 2.75) is 51.6 Å². The molecule has 0 amide bonds. The van der Waals surface area contributed by atoms with E-state index in [0.29, 0.717) is 31.1 Å². The van der Waals surface area contributed by atoms with Crippen molar-refractivity contribution in [3.05, 3.63) is 17.5 Å². The first-order valence-electron chi connectivity index (χ1n) is 9.75. The molecular weight excluding hydrogens is 491 g/mol. The minimum atomic E-state index is -3.08. The van der Waals surface area contributed by atoms with Crippen LogP contribution in [0.5, 0.6) is 0 Å². The third-order valence-electron chi connectivity index (χ3n) is 5.47. The Morgan fingerprint density at radius 1 is 1.39 bits per heavy atom. The standard InChI is InChI=1S/C18H32N6O2S.HI/c1-13(2)24-12-15-5-6-16(9-17(15)22-24)21-18(19-3)20-10-14-7-8-23(11-14)27(4,25)26;/h12-14,16H,5-11H2,1-4H3,(H2,19,20,21);1H. The van der Waals surface area contributed by atoms with Crippen molar-refractivity contribution in [1.82, 2.24) is 24.7 Å². The Balaban J connectivity index is 0.00000280. The van der Waals surface area contributed by atoms with Gasteiger partial charge in [-0.05, 0) is 44.6 Å². The molecule has 160 valence electrons. The number of fused-ring (bicyclic) bond motifs is 1. The van der Waals surface area contributed by atoms with Crippen LogP contribution in [-0.4, -0.2) is 67.4 Å². The highest BCUT2D eigenvalue weighted by molar-refractivity contribution is 14.0. The van der Waals surface area contributed by atoms with Crippen molar-refractivity contribution in [3.8, 4) is 0 Å². The predicted molar refractivity (Wildman–Crippen MR) is 123 cm³/mol. The van der Waals surface area contributed by atoms with Gasteiger partial charge >= 0.3 is 0 Å². The van der Waals surface area contributed by atoms with Gasteiger partial charge in [0.15, 0.2) is 5.96 Å². The normalized spacial score (nSPS) is 23.4. The van der Waals surface area contributed by atoms with E-state index in [-0.39, 0.29) is 24.0 Å². The molecule has 3 rings (SSSR count). The van der Waals surface area contributed by atoms with Gasteiger partial charge in [-0.25, -0.2) is 12.7 Å². The first-order chi connectivity index (χ1) is 12.8. The van der Waals surface area contributed by atoms with Gasteiger partial charge in [0, 0.05) is 51.4 Å². The summed E-state index contributed by atoms with van der Waals surface area (Å²) >= 11 is 0. The highest BCUT2D eigenvalue weighted by Crippen LogP contribution is 2.22. The molecule has 0 aromatic carbocycles. The number of guanidine groups is 1. The summed E-state index contributed by atoms with van der Waals surface area (Å²) in [5, 5.41) is 11.6. The van der Waals surface area contributed by atoms with E-state index in [0.717, 1.165) is 38.2 Å². The molecule has 1 aliphatic heterocycles. The summed E-state index contributed by atoms with van der Waals surface area (Å²) in [5.41, 5.74) is 2.54. The number of halogens is 1. The Hall–Kier alpha value is -0.880. The maximum Gasteiger partial charge on any atom is 0.211 e. The molecule has 8 nitrogen and oxygen atoms in total. The molecule has 1 aromatic rings. The summed E-state index contributed by atoms with van der Waals surface area (Å²) in [6.07, 6.45) is 7.33. The number of sulfonamides is 1. The highest BCUT2D eigenvalue weighted by atomic mass is 127. The summed E-state index contributed by atoms with van der Waals surface area (Å²) in [6, 6.07) is 0.699. The summed E-state index contributed by atoms with van der Waals surface area (Å²) in [6.45, 7) is 6.22. The lowest BCUT2D eigenvalue weighted by Crippen LogP contribution is -2.47. The molecule has 0 saturated carbocycles. The Labute approximate surface area is 185 Å². The van der Waals surface area contributed by atoms with Crippen molar-refractivity contribution in [3.63, 3.8) is 0 Å². The minimum Gasteiger partial charge on any atom is -0.356 e. The van der Waals surface area contributed by atoms with Crippen LogP contribution in [0.1, 0.15) is 44.0 Å². The van der Waals surface area contributed by atoms with Gasteiger partial charge in [-0.15, -0.1) is 24.0 Å². The van der Waals surface area contributed by atoms with Crippen LogP contribution in [0.25, 0.3) is 0 Å². The molecule has 28 heavy (non-hydrogen) atoms. The van der Waals surface area contributed by atoms with Crippen LogP contribution in [0.2, 0.25) is 0 Å². The van der Waals surface area contributed by atoms with E-state index in [4.69, 9.17) is 5.10 Å². The van der Waals surface area contributed by atoms with Gasteiger partial charge in [-0.2, -0.15) is 5.10 Å². The Morgan fingerprint density at radius 2 is 2.14 bits per heavy atom. The van der Waals surface area contributed by atoms with E-state index in [1.54, 1.807) is 11.4 Å². The third kappa shape index (κ3) is 5.82. The summed E-state index contributed by atoms with van der Waals surface area (Å²) in [4.78, 5) is 4.34. The molecular formula is C18H33IN6O2S. The number of aliphatic imine (C=N–C) groups is 1. The molecule has 2 unspecified atom stereocenters. The molecule has 1 fully saturated rings. The van der Waals surface area contributed by atoms with E-state index in [2.05, 4.69) is 35.7 Å². The molecule has 0 bridgehead atoms. The molecule has 1 aliphatic carbocycles. The molecule has 2 aliphatic rings. The molecule has 0 radical (unpaired) electrons. The molecule has 1 aromatic heterocycles. The van der Waals surface area contributed by atoms with Crippen LogP contribution in [-0.2, 0) is 22.9 Å². The minimum absolute atomic E-state index is 0. The van der Waals surface area contributed by atoms with Crippen molar-refractivity contribution in [2.24, 2.45) is 10.9 Å². The van der Waals surface area contributed by atoms with Gasteiger partial charge in [0.05, 0.1) is 11.9 Å². The van der Waals surface area contributed by atoms with Crippen LogP contribution in [0.4, 0.5) is 0 Å². The van der Waals surface area contributed by atoms with E-state index in [1.165, 1.54) is 17.5 Å². The van der Waals surface area contributed by atoms with E-state index < -0.39 is 10.0 Å². The molecule has 0 spiro atoms. The average Bonchev–Trinajstić information content (AvgIpc) is 3.24. The number of nitrogens with one attached hydrogen (secondary N) is 2. The second kappa shape index (κ2) is 9.75.